The van der Waals surface area contributed by atoms with Crippen molar-refractivity contribution in [2.75, 3.05) is 6.26 Å². The van der Waals surface area contributed by atoms with Crippen LogP contribution < -0.4 is 0 Å². The van der Waals surface area contributed by atoms with Crippen LogP contribution in [0.2, 0.25) is 0 Å². The molecular formula is C16H17FO2S. The Labute approximate surface area is 119 Å². The zero-order valence-corrected chi connectivity index (χ0v) is 12.5. The van der Waals surface area contributed by atoms with Crippen LogP contribution >= 0.6 is 0 Å². The smallest absolute Gasteiger partial charge is 0.175 e. The van der Waals surface area contributed by atoms with E-state index in [9.17, 15) is 12.8 Å². The summed E-state index contributed by atoms with van der Waals surface area (Å²) in [6.07, 6.45) is 1.19. The van der Waals surface area contributed by atoms with Crippen molar-refractivity contribution < 1.29 is 12.8 Å². The monoisotopic (exact) mass is 292 g/mol. The molecule has 0 spiro atoms. The molecule has 20 heavy (non-hydrogen) atoms. The first kappa shape index (κ1) is 14.7. The van der Waals surface area contributed by atoms with E-state index in [4.69, 9.17) is 0 Å². The third-order valence-electron chi connectivity index (χ3n) is 3.57. The van der Waals surface area contributed by atoms with Crippen molar-refractivity contribution in [1.82, 2.24) is 0 Å². The molecule has 0 fully saturated rings. The molecule has 4 heteroatoms. The van der Waals surface area contributed by atoms with Gasteiger partial charge in [0.2, 0.25) is 0 Å². The van der Waals surface area contributed by atoms with Gasteiger partial charge in [0.1, 0.15) is 5.82 Å². The Morgan fingerprint density at radius 2 is 1.25 bits per heavy atom. The average molecular weight is 292 g/mol. The Morgan fingerprint density at radius 3 is 1.65 bits per heavy atom. The Balaban J connectivity index is 2.41. The lowest BCUT2D eigenvalue weighted by Crippen LogP contribution is -2.19. The molecule has 0 atom stereocenters. The van der Waals surface area contributed by atoms with Crippen LogP contribution in [0.4, 0.5) is 4.39 Å². The molecule has 0 saturated heterocycles. The van der Waals surface area contributed by atoms with Gasteiger partial charge in [-0.05, 0) is 35.4 Å². The molecule has 0 amide bonds. The third-order valence-corrected chi connectivity index (χ3v) is 4.70. The molecule has 0 heterocycles. The molecule has 2 rings (SSSR count). The fourth-order valence-electron chi connectivity index (χ4n) is 2.15. The van der Waals surface area contributed by atoms with Crippen LogP contribution in [0.25, 0.3) is 0 Å². The lowest BCUT2D eigenvalue weighted by atomic mass is 9.78. The maximum absolute atomic E-state index is 13.0. The summed E-state index contributed by atoms with van der Waals surface area (Å²) >= 11 is 0. The minimum Gasteiger partial charge on any atom is -0.224 e. The Hall–Kier alpha value is -1.68. The zero-order chi connectivity index (χ0) is 15.0. The minimum atomic E-state index is -3.18. The van der Waals surface area contributed by atoms with Gasteiger partial charge in [-0.2, -0.15) is 0 Å². The molecule has 0 aromatic heterocycles. The first-order valence-electron chi connectivity index (χ1n) is 6.28. The van der Waals surface area contributed by atoms with Crippen molar-refractivity contribution in [3.8, 4) is 0 Å². The maximum atomic E-state index is 13.0. The first-order valence-corrected chi connectivity index (χ1v) is 8.17. The van der Waals surface area contributed by atoms with E-state index < -0.39 is 9.84 Å². The van der Waals surface area contributed by atoms with Crippen molar-refractivity contribution in [2.45, 2.75) is 24.2 Å². The summed E-state index contributed by atoms with van der Waals surface area (Å²) in [5.41, 5.74) is 1.64. The second kappa shape index (κ2) is 5.02. The van der Waals surface area contributed by atoms with Gasteiger partial charge in [0, 0.05) is 11.7 Å². The fraction of sp³-hybridized carbons (Fsp3) is 0.250. The minimum absolute atomic E-state index is 0.267. The largest absolute Gasteiger partial charge is 0.224 e. The van der Waals surface area contributed by atoms with Crippen LogP contribution in [-0.4, -0.2) is 14.7 Å². The van der Waals surface area contributed by atoms with Crippen LogP contribution in [0.3, 0.4) is 0 Å². The van der Waals surface area contributed by atoms with E-state index in [-0.39, 0.29) is 11.2 Å². The van der Waals surface area contributed by atoms with Crippen molar-refractivity contribution in [3.05, 3.63) is 65.5 Å². The average Bonchev–Trinajstić information content (AvgIpc) is 2.38. The van der Waals surface area contributed by atoms with Crippen molar-refractivity contribution >= 4 is 9.84 Å². The molecule has 0 aliphatic carbocycles. The molecule has 2 aromatic carbocycles. The highest BCUT2D eigenvalue weighted by atomic mass is 32.2. The lowest BCUT2D eigenvalue weighted by Gasteiger charge is -2.26. The number of rotatable bonds is 3. The van der Waals surface area contributed by atoms with Gasteiger partial charge in [0.15, 0.2) is 9.84 Å². The van der Waals surface area contributed by atoms with Crippen LogP contribution in [0.1, 0.15) is 25.0 Å². The number of halogens is 1. The second-order valence-electron chi connectivity index (χ2n) is 5.43. The first-order chi connectivity index (χ1) is 9.21. The van der Waals surface area contributed by atoms with E-state index in [1.165, 1.54) is 18.4 Å². The predicted octanol–water partition coefficient (Wildman–Crippen LogP) is 3.56. The molecular weight excluding hydrogens is 275 g/mol. The zero-order valence-electron chi connectivity index (χ0n) is 11.7. The fourth-order valence-corrected chi connectivity index (χ4v) is 2.78. The highest BCUT2D eigenvalue weighted by Gasteiger charge is 2.23. The SMILES string of the molecule is CC(C)(c1ccc(F)cc1)c1ccc(S(C)(=O)=O)cc1. The maximum Gasteiger partial charge on any atom is 0.175 e. The van der Waals surface area contributed by atoms with E-state index in [0.717, 1.165) is 11.1 Å². The highest BCUT2D eigenvalue weighted by Crippen LogP contribution is 2.31. The summed E-state index contributed by atoms with van der Waals surface area (Å²) in [7, 11) is -3.18. The van der Waals surface area contributed by atoms with Gasteiger partial charge < -0.3 is 0 Å². The van der Waals surface area contributed by atoms with Gasteiger partial charge in [-0.15, -0.1) is 0 Å². The van der Waals surface area contributed by atoms with Gasteiger partial charge in [-0.1, -0.05) is 38.1 Å². The predicted molar refractivity (Wildman–Crippen MR) is 78.1 cm³/mol. The summed E-state index contributed by atoms with van der Waals surface area (Å²) in [6, 6.07) is 13.2. The normalized spacial score (nSPS) is 12.4. The summed E-state index contributed by atoms with van der Waals surface area (Å²) in [5.74, 6) is -0.267. The van der Waals surface area contributed by atoms with Gasteiger partial charge in [-0.25, -0.2) is 12.8 Å². The Kier molecular flexibility index (Phi) is 3.69. The van der Waals surface area contributed by atoms with E-state index in [1.54, 1.807) is 36.4 Å². The quantitative estimate of drug-likeness (QED) is 0.867. The standard InChI is InChI=1S/C16H17FO2S/c1-16(2,12-4-8-14(17)9-5-12)13-6-10-15(11-7-13)20(3,18)19/h4-11H,1-3H3. The van der Waals surface area contributed by atoms with Crippen LogP contribution in [0.5, 0.6) is 0 Å². The third kappa shape index (κ3) is 2.90. The van der Waals surface area contributed by atoms with Crippen molar-refractivity contribution in [1.29, 1.82) is 0 Å². The topological polar surface area (TPSA) is 34.1 Å². The highest BCUT2D eigenvalue weighted by molar-refractivity contribution is 7.90. The van der Waals surface area contributed by atoms with E-state index >= 15 is 0 Å². The van der Waals surface area contributed by atoms with Gasteiger partial charge in [0.25, 0.3) is 0 Å². The van der Waals surface area contributed by atoms with Crippen molar-refractivity contribution in [3.63, 3.8) is 0 Å². The molecule has 2 nitrogen and oxygen atoms in total. The molecule has 0 radical (unpaired) electrons. The van der Waals surface area contributed by atoms with Gasteiger partial charge in [0.05, 0.1) is 4.90 Å². The van der Waals surface area contributed by atoms with Crippen LogP contribution in [0, 0.1) is 5.82 Å². The number of sulfone groups is 1. The summed E-state index contributed by atoms with van der Waals surface area (Å²) in [4.78, 5) is 0.302. The molecule has 2 aromatic rings. The lowest BCUT2D eigenvalue weighted by molar-refractivity contribution is 0.600. The Bertz CT molecular complexity index is 699. The molecule has 0 unspecified atom stereocenters. The van der Waals surface area contributed by atoms with Gasteiger partial charge in [-0.3, -0.25) is 0 Å². The summed E-state index contributed by atoms with van der Waals surface area (Å²) < 4.78 is 35.9. The summed E-state index contributed by atoms with van der Waals surface area (Å²) in [6.45, 7) is 4.05. The Morgan fingerprint density at radius 1 is 0.850 bits per heavy atom. The molecule has 0 aliphatic rings. The molecule has 0 aliphatic heterocycles. The second-order valence-corrected chi connectivity index (χ2v) is 7.44. The van der Waals surface area contributed by atoms with Gasteiger partial charge >= 0.3 is 0 Å². The molecule has 0 N–H and O–H groups in total. The van der Waals surface area contributed by atoms with E-state index in [1.807, 2.05) is 13.8 Å². The van der Waals surface area contributed by atoms with Crippen LogP contribution in [0.15, 0.2) is 53.4 Å². The number of benzene rings is 2. The van der Waals surface area contributed by atoms with Crippen LogP contribution in [-0.2, 0) is 15.3 Å². The van der Waals surface area contributed by atoms with Crippen molar-refractivity contribution in [2.24, 2.45) is 0 Å². The molecule has 0 saturated carbocycles. The molecule has 0 bridgehead atoms. The van der Waals surface area contributed by atoms with E-state index in [0.29, 0.717) is 4.90 Å². The number of hydrogen-bond donors (Lipinski definition) is 0. The van der Waals surface area contributed by atoms with E-state index in [2.05, 4.69) is 0 Å². The molecule has 106 valence electrons. The summed E-state index contributed by atoms with van der Waals surface area (Å²) in [5, 5.41) is 0. The number of hydrogen-bond acceptors (Lipinski definition) is 2.